The van der Waals surface area contributed by atoms with Crippen LogP contribution in [0.3, 0.4) is 0 Å². The Morgan fingerprint density at radius 2 is 1.38 bits per heavy atom. The van der Waals surface area contributed by atoms with Crippen LogP contribution in [0.4, 0.5) is 5.69 Å². The maximum atomic E-state index is 10.7. The molecule has 0 bridgehead atoms. The van der Waals surface area contributed by atoms with Gasteiger partial charge in [0.25, 0.3) is 0 Å². The van der Waals surface area contributed by atoms with Gasteiger partial charge >= 0.3 is 0 Å². The maximum Gasteiger partial charge on any atom is 0.143 e. The van der Waals surface area contributed by atoms with Crippen LogP contribution in [0, 0.1) is 0 Å². The van der Waals surface area contributed by atoms with E-state index in [0.29, 0.717) is 11.5 Å². The predicted octanol–water partition coefficient (Wildman–Crippen LogP) is 14.7. The van der Waals surface area contributed by atoms with Crippen molar-refractivity contribution in [2.75, 3.05) is 0 Å². The third-order valence-electron chi connectivity index (χ3n) is 10.7. The third-order valence-corrected chi connectivity index (χ3v) is 11.7. The fourth-order valence-corrected chi connectivity index (χ4v) is 8.50. The number of hydrogen-bond donors (Lipinski definition) is 1. The van der Waals surface area contributed by atoms with Gasteiger partial charge in [-0.05, 0) is 87.2 Å². The number of phenols is 1. The molecular formula is C51H42N2O2S. The van der Waals surface area contributed by atoms with Crippen LogP contribution in [0.2, 0.25) is 0 Å². The van der Waals surface area contributed by atoms with E-state index in [-0.39, 0.29) is 11.2 Å². The highest BCUT2D eigenvalue weighted by Gasteiger charge is 2.20. The van der Waals surface area contributed by atoms with E-state index in [9.17, 15) is 5.11 Å². The van der Waals surface area contributed by atoms with Crippen molar-refractivity contribution < 1.29 is 9.52 Å². The van der Waals surface area contributed by atoms with Gasteiger partial charge in [0.05, 0.1) is 15.9 Å². The van der Waals surface area contributed by atoms with E-state index in [1.807, 2.05) is 42.5 Å². The smallest absolute Gasteiger partial charge is 0.143 e. The fraction of sp³-hybridized carbons (Fsp3) is 0.137. The van der Waals surface area contributed by atoms with Gasteiger partial charge in [0.2, 0.25) is 0 Å². The summed E-state index contributed by atoms with van der Waals surface area (Å²) >= 11 is 1.66. The highest BCUT2D eigenvalue weighted by Crippen LogP contribution is 2.44. The van der Waals surface area contributed by atoms with E-state index in [1.54, 1.807) is 23.6 Å². The summed E-state index contributed by atoms with van der Waals surface area (Å²) in [5.41, 5.74) is 14.1. The third kappa shape index (κ3) is 6.58. The number of hydrogen-bond acceptors (Lipinski definition) is 5. The summed E-state index contributed by atoms with van der Waals surface area (Å²) in [6, 6.07) is 50.7. The zero-order valence-electron chi connectivity index (χ0n) is 32.2. The van der Waals surface area contributed by atoms with Crippen LogP contribution in [0.5, 0.6) is 5.75 Å². The van der Waals surface area contributed by atoms with Gasteiger partial charge in [-0.3, -0.25) is 4.99 Å². The number of rotatable bonds is 7. The summed E-state index contributed by atoms with van der Waals surface area (Å²) in [7, 11) is 0. The molecule has 0 atom stereocenters. The lowest BCUT2D eigenvalue weighted by molar-refractivity contribution is 0.473. The Hall–Kier alpha value is -6.30. The van der Waals surface area contributed by atoms with Crippen LogP contribution in [-0.2, 0) is 5.41 Å². The van der Waals surface area contributed by atoms with Crippen molar-refractivity contribution in [3.8, 4) is 49.7 Å². The molecule has 0 aliphatic heterocycles. The molecule has 2 aromatic heterocycles. The molecule has 7 aromatic carbocycles. The van der Waals surface area contributed by atoms with Crippen LogP contribution in [-0.4, -0.2) is 16.3 Å². The number of aromatic hydroxyl groups is 1. The molecule has 0 unspecified atom stereocenters. The van der Waals surface area contributed by atoms with Gasteiger partial charge < -0.3 is 9.52 Å². The lowest BCUT2D eigenvalue weighted by atomic mass is 9.86. The van der Waals surface area contributed by atoms with Gasteiger partial charge in [0.1, 0.15) is 21.9 Å². The average molecular weight is 747 g/mol. The fourth-order valence-electron chi connectivity index (χ4n) is 7.44. The Morgan fingerprint density at radius 3 is 2.18 bits per heavy atom. The molecule has 0 radical (unpaired) electrons. The second-order valence-electron chi connectivity index (χ2n) is 15.8. The number of aromatic nitrogens is 1. The average Bonchev–Trinajstić information content (AvgIpc) is 3.82. The first-order chi connectivity index (χ1) is 27.1. The minimum Gasteiger partial charge on any atom is -0.507 e. The molecule has 1 N–H and O–H groups in total. The van der Waals surface area contributed by atoms with E-state index in [1.165, 1.54) is 16.7 Å². The Morgan fingerprint density at radius 1 is 0.661 bits per heavy atom. The highest BCUT2D eigenvalue weighted by molar-refractivity contribution is 7.21. The van der Waals surface area contributed by atoms with Crippen LogP contribution >= 0.6 is 11.3 Å². The van der Waals surface area contributed by atoms with Gasteiger partial charge in [0.15, 0.2) is 0 Å². The van der Waals surface area contributed by atoms with Crippen LogP contribution in [0.1, 0.15) is 57.2 Å². The summed E-state index contributed by atoms with van der Waals surface area (Å²) in [6.07, 6.45) is 1.76. The molecular weight excluding hydrogens is 705 g/mol. The zero-order chi connectivity index (χ0) is 38.6. The van der Waals surface area contributed by atoms with Crippen molar-refractivity contribution in [1.29, 1.82) is 0 Å². The number of furan rings is 1. The van der Waals surface area contributed by atoms with Crippen LogP contribution in [0.15, 0.2) is 155 Å². The van der Waals surface area contributed by atoms with Crippen molar-refractivity contribution in [3.63, 3.8) is 0 Å². The van der Waals surface area contributed by atoms with Crippen molar-refractivity contribution in [2.24, 2.45) is 4.99 Å². The number of thiazole rings is 1. The molecule has 0 spiro atoms. The molecule has 9 aromatic rings. The second kappa shape index (κ2) is 14.1. The van der Waals surface area contributed by atoms with E-state index >= 15 is 0 Å². The van der Waals surface area contributed by atoms with Gasteiger partial charge in [-0.25, -0.2) is 4.98 Å². The number of benzene rings is 7. The molecule has 0 aliphatic rings. The van der Waals surface area contributed by atoms with Crippen LogP contribution in [0.25, 0.3) is 76.1 Å². The molecule has 0 saturated heterocycles. The van der Waals surface area contributed by atoms with E-state index in [2.05, 4.69) is 132 Å². The molecule has 0 fully saturated rings. The Kier molecular flexibility index (Phi) is 8.90. The van der Waals surface area contributed by atoms with Gasteiger partial charge in [-0.15, -0.1) is 11.3 Å². The topological polar surface area (TPSA) is 58.6 Å². The molecule has 9 rings (SSSR count). The summed E-state index contributed by atoms with van der Waals surface area (Å²) in [4.78, 5) is 10.3. The first kappa shape index (κ1) is 35.4. The molecule has 0 saturated carbocycles. The number of fused-ring (bicyclic) bond motifs is 4. The molecule has 0 aliphatic carbocycles. The van der Waals surface area contributed by atoms with Crippen molar-refractivity contribution >= 4 is 55.4 Å². The number of nitrogens with zero attached hydrogens (tertiary/aromatic N) is 2. The molecule has 274 valence electrons. The van der Waals surface area contributed by atoms with E-state index in [4.69, 9.17) is 14.4 Å². The Labute approximate surface area is 331 Å². The highest BCUT2D eigenvalue weighted by atomic mass is 32.1. The molecule has 56 heavy (non-hydrogen) atoms. The van der Waals surface area contributed by atoms with Crippen molar-refractivity contribution in [3.05, 3.63) is 162 Å². The molecule has 2 heterocycles. The number of phenolic OH excluding ortho intramolecular Hbond substituents is 1. The van der Waals surface area contributed by atoms with Crippen molar-refractivity contribution in [1.82, 2.24) is 4.98 Å². The summed E-state index contributed by atoms with van der Waals surface area (Å²) in [5.74, 6) is 0.672. The summed E-state index contributed by atoms with van der Waals surface area (Å²) in [6.45, 7) is 11.0. The van der Waals surface area contributed by atoms with Gasteiger partial charge in [0, 0.05) is 39.2 Å². The minimum atomic E-state index is -0.0556. The Bertz CT molecular complexity index is 2940. The van der Waals surface area contributed by atoms with E-state index < -0.39 is 0 Å². The predicted molar refractivity (Wildman–Crippen MR) is 237 cm³/mol. The standard InChI is InChI=1S/C51H42N2O2S/c1-31(2)34-12-10-13-35(26-34)32-20-22-33(23-21-32)36-28-43(41-17-11-16-40-39-14-7-9-19-46(39)55-49(40)41)48-47(29-36)56-50(53-48)42-15-6-8-18-44(42)52-30-37-27-38(51(3,4)5)24-25-45(37)54/h6-31,54H,1-5H3. The van der Waals surface area contributed by atoms with Crippen molar-refractivity contribution in [2.45, 2.75) is 46.0 Å². The first-order valence-corrected chi connectivity index (χ1v) is 20.0. The lowest BCUT2D eigenvalue weighted by Crippen LogP contribution is -2.11. The monoisotopic (exact) mass is 746 g/mol. The molecule has 0 amide bonds. The molecule has 4 nitrogen and oxygen atoms in total. The number of aliphatic imine (C=N–C) groups is 1. The zero-order valence-corrected chi connectivity index (χ0v) is 33.0. The Balaban J connectivity index is 1.19. The maximum absolute atomic E-state index is 10.7. The first-order valence-electron chi connectivity index (χ1n) is 19.1. The van der Waals surface area contributed by atoms with Gasteiger partial charge in [-0.1, -0.05) is 138 Å². The number of para-hydroxylation sites is 3. The quantitative estimate of drug-likeness (QED) is 0.165. The van der Waals surface area contributed by atoms with Gasteiger partial charge in [-0.2, -0.15) is 0 Å². The summed E-state index contributed by atoms with van der Waals surface area (Å²) in [5, 5.41) is 13.8. The molecule has 5 heteroatoms. The second-order valence-corrected chi connectivity index (χ2v) is 16.9. The van der Waals surface area contributed by atoms with Crippen LogP contribution < -0.4 is 0 Å². The minimum absolute atomic E-state index is 0.0556. The largest absolute Gasteiger partial charge is 0.507 e. The lowest BCUT2D eigenvalue weighted by Gasteiger charge is -2.19. The summed E-state index contributed by atoms with van der Waals surface area (Å²) < 4.78 is 7.66. The SMILES string of the molecule is CC(C)c1cccc(-c2ccc(-c3cc(-c4cccc5c4oc4ccccc45)c4nc(-c5ccccc5N=Cc5cc(C(C)(C)C)ccc5O)sc4c3)cc2)c1. The van der Waals surface area contributed by atoms with E-state index in [0.717, 1.165) is 76.2 Å². The normalized spacial score (nSPS) is 12.2.